The van der Waals surface area contributed by atoms with E-state index in [0.717, 1.165) is 0 Å². The maximum Gasteiger partial charge on any atom is 0.160 e. The van der Waals surface area contributed by atoms with Crippen LogP contribution >= 0.6 is 0 Å². The van der Waals surface area contributed by atoms with Crippen molar-refractivity contribution in [2.45, 2.75) is 6.04 Å². The fourth-order valence-electron chi connectivity index (χ4n) is 0.926. The van der Waals surface area contributed by atoms with Crippen molar-refractivity contribution >= 4 is 18.4 Å². The van der Waals surface area contributed by atoms with Crippen LogP contribution in [-0.4, -0.2) is 24.4 Å². The van der Waals surface area contributed by atoms with E-state index in [0.29, 0.717) is 11.5 Å². The van der Waals surface area contributed by atoms with Crippen molar-refractivity contribution in [3.63, 3.8) is 0 Å². The average Bonchev–Trinajstić information content (AvgIpc) is 2.36. The maximum atomic E-state index is 5.60. The number of amidine groups is 1. The van der Waals surface area contributed by atoms with Crippen molar-refractivity contribution < 1.29 is 0 Å². The topological polar surface area (TPSA) is 63.1 Å². The highest BCUT2D eigenvalue weighted by Gasteiger charge is 2.21. The first-order valence-electron chi connectivity index (χ1n) is 2.97. The third-order valence-corrected chi connectivity index (χ3v) is 1.44. The molecule has 10 heavy (non-hydrogen) atoms. The van der Waals surface area contributed by atoms with Crippen molar-refractivity contribution in [1.29, 1.82) is 0 Å². The Morgan fingerprint density at radius 3 is 3.20 bits per heavy atom. The van der Waals surface area contributed by atoms with Gasteiger partial charge in [0.2, 0.25) is 0 Å². The first kappa shape index (κ1) is 5.34. The maximum absolute atomic E-state index is 5.60. The molecular weight excluding hydrogens is 128 g/mol. The van der Waals surface area contributed by atoms with Crippen LogP contribution < -0.4 is 5.73 Å². The van der Waals surface area contributed by atoms with E-state index in [1.807, 2.05) is 0 Å². The van der Waals surface area contributed by atoms with E-state index < -0.39 is 0 Å². The molecule has 0 aromatic rings. The molecule has 0 radical (unpaired) electrons. The summed E-state index contributed by atoms with van der Waals surface area (Å²) < 4.78 is 0. The Morgan fingerprint density at radius 2 is 2.40 bits per heavy atom. The van der Waals surface area contributed by atoms with E-state index in [1.165, 1.54) is 6.34 Å². The predicted octanol–water partition coefficient (Wildman–Crippen LogP) is -0.278. The first-order valence-corrected chi connectivity index (χ1v) is 2.97. The van der Waals surface area contributed by atoms with Crippen molar-refractivity contribution in [2.24, 2.45) is 20.7 Å². The Balaban J connectivity index is 2.43. The predicted molar refractivity (Wildman–Crippen MR) is 40.5 cm³/mol. The van der Waals surface area contributed by atoms with Gasteiger partial charge in [0.25, 0.3) is 0 Å². The number of nitrogens with zero attached hydrogens (tertiary/aromatic N) is 3. The summed E-state index contributed by atoms with van der Waals surface area (Å²) in [5.41, 5.74) is 6.31. The Labute approximate surface area is 57.9 Å². The van der Waals surface area contributed by atoms with Crippen LogP contribution in [0.2, 0.25) is 0 Å². The van der Waals surface area contributed by atoms with E-state index in [1.54, 1.807) is 12.3 Å². The van der Waals surface area contributed by atoms with Crippen LogP contribution in [0.4, 0.5) is 0 Å². The van der Waals surface area contributed by atoms with Gasteiger partial charge in [0.1, 0.15) is 6.34 Å². The van der Waals surface area contributed by atoms with E-state index >= 15 is 0 Å². The number of nitrogens with two attached hydrogens (primary N) is 1. The molecule has 1 atom stereocenters. The Morgan fingerprint density at radius 1 is 1.50 bits per heavy atom. The fraction of sp³-hybridized carbons (Fsp3) is 0.167. The lowest BCUT2D eigenvalue weighted by molar-refractivity contribution is 0.986. The summed E-state index contributed by atoms with van der Waals surface area (Å²) in [4.78, 5) is 11.9. The molecule has 0 saturated heterocycles. The quantitative estimate of drug-likeness (QED) is 0.486. The van der Waals surface area contributed by atoms with Crippen LogP contribution in [0.25, 0.3) is 0 Å². The number of dihydropyridines is 1. The van der Waals surface area contributed by atoms with E-state index in [-0.39, 0.29) is 6.04 Å². The molecule has 0 aromatic carbocycles. The zero-order valence-electron chi connectivity index (χ0n) is 5.23. The van der Waals surface area contributed by atoms with Gasteiger partial charge in [-0.05, 0) is 6.08 Å². The Bertz CT molecular complexity index is 271. The minimum atomic E-state index is -0.106. The van der Waals surface area contributed by atoms with Gasteiger partial charge in [-0.15, -0.1) is 0 Å². The second-order valence-electron chi connectivity index (χ2n) is 2.10. The number of hydrogen-bond acceptors (Lipinski definition) is 4. The normalized spacial score (nSPS) is 27.8. The molecule has 2 aliphatic heterocycles. The number of fused-ring (bicyclic) bond motifs is 1. The van der Waals surface area contributed by atoms with Crippen LogP contribution in [0.1, 0.15) is 0 Å². The van der Waals surface area contributed by atoms with Crippen LogP contribution in [0.5, 0.6) is 0 Å². The monoisotopic (exact) mass is 134 g/mol. The molecule has 2 heterocycles. The standard InChI is InChI=1S/C6H6N4/c7-4-1-2-8-6-5(4)9-3-10-6/h1-3,5H,7H2. The van der Waals surface area contributed by atoms with Gasteiger partial charge in [0.15, 0.2) is 11.9 Å². The Hall–Kier alpha value is -1.45. The molecule has 0 saturated carbocycles. The van der Waals surface area contributed by atoms with Crippen LogP contribution in [0.15, 0.2) is 26.8 Å². The number of aliphatic imine (C=N–C) groups is 3. The van der Waals surface area contributed by atoms with E-state index in [9.17, 15) is 0 Å². The fourth-order valence-corrected chi connectivity index (χ4v) is 0.926. The summed E-state index contributed by atoms with van der Waals surface area (Å²) in [5, 5.41) is 0. The second kappa shape index (κ2) is 1.76. The lowest BCUT2D eigenvalue weighted by atomic mass is 10.2. The van der Waals surface area contributed by atoms with Crippen molar-refractivity contribution in [2.75, 3.05) is 0 Å². The summed E-state index contributed by atoms with van der Waals surface area (Å²) in [6.45, 7) is 0. The molecule has 0 fully saturated rings. The SMILES string of the molecule is NC1=CC=NC2=NC=NC12. The van der Waals surface area contributed by atoms with Gasteiger partial charge in [-0.1, -0.05) is 0 Å². The molecule has 1 unspecified atom stereocenters. The molecule has 2 aliphatic rings. The molecule has 0 spiro atoms. The highest BCUT2D eigenvalue weighted by atomic mass is 15.1. The summed E-state index contributed by atoms with van der Waals surface area (Å²) in [6, 6.07) is -0.106. The molecule has 50 valence electrons. The molecule has 0 amide bonds. The molecule has 0 bridgehead atoms. The lowest BCUT2D eigenvalue weighted by Gasteiger charge is -2.09. The summed E-state index contributed by atoms with van der Waals surface area (Å²) >= 11 is 0. The van der Waals surface area contributed by atoms with Gasteiger partial charge in [-0.2, -0.15) is 0 Å². The smallest absolute Gasteiger partial charge is 0.160 e. The van der Waals surface area contributed by atoms with Gasteiger partial charge in [-0.25, -0.2) is 9.98 Å². The van der Waals surface area contributed by atoms with Gasteiger partial charge < -0.3 is 5.73 Å². The highest BCUT2D eigenvalue weighted by Crippen LogP contribution is 2.11. The summed E-state index contributed by atoms with van der Waals surface area (Å²) in [5.74, 6) is 0.694. The second-order valence-corrected chi connectivity index (χ2v) is 2.10. The van der Waals surface area contributed by atoms with Crippen LogP contribution in [-0.2, 0) is 0 Å². The number of hydrogen-bond donors (Lipinski definition) is 1. The van der Waals surface area contributed by atoms with Crippen LogP contribution in [0.3, 0.4) is 0 Å². The highest BCUT2D eigenvalue weighted by molar-refractivity contribution is 6.06. The number of allylic oxidation sites excluding steroid dienone is 1. The minimum absolute atomic E-state index is 0.106. The molecule has 4 nitrogen and oxygen atoms in total. The van der Waals surface area contributed by atoms with Gasteiger partial charge in [0.05, 0.1) is 0 Å². The third-order valence-electron chi connectivity index (χ3n) is 1.44. The minimum Gasteiger partial charge on any atom is -0.400 e. The van der Waals surface area contributed by atoms with Gasteiger partial charge >= 0.3 is 0 Å². The van der Waals surface area contributed by atoms with Crippen molar-refractivity contribution in [3.8, 4) is 0 Å². The lowest BCUT2D eigenvalue weighted by Crippen LogP contribution is -2.24. The van der Waals surface area contributed by atoms with Crippen molar-refractivity contribution in [1.82, 2.24) is 0 Å². The largest absolute Gasteiger partial charge is 0.400 e. The third kappa shape index (κ3) is 0.586. The average molecular weight is 134 g/mol. The molecular formula is C6H6N4. The molecule has 2 N–H and O–H groups in total. The zero-order valence-corrected chi connectivity index (χ0v) is 5.23. The zero-order chi connectivity index (χ0) is 6.97. The molecule has 4 heteroatoms. The van der Waals surface area contributed by atoms with Gasteiger partial charge in [-0.3, -0.25) is 4.99 Å². The molecule has 0 aliphatic carbocycles. The first-order chi connectivity index (χ1) is 4.88. The van der Waals surface area contributed by atoms with Crippen LogP contribution in [0, 0.1) is 0 Å². The van der Waals surface area contributed by atoms with Crippen molar-refractivity contribution in [3.05, 3.63) is 11.8 Å². The number of rotatable bonds is 0. The molecule has 2 rings (SSSR count). The molecule has 0 aromatic heterocycles. The summed E-state index contributed by atoms with van der Waals surface area (Å²) in [6.07, 6.45) is 4.87. The summed E-state index contributed by atoms with van der Waals surface area (Å²) in [7, 11) is 0. The van der Waals surface area contributed by atoms with Gasteiger partial charge in [0, 0.05) is 11.9 Å². The van der Waals surface area contributed by atoms with E-state index in [4.69, 9.17) is 5.73 Å². The van der Waals surface area contributed by atoms with E-state index in [2.05, 4.69) is 15.0 Å². The Kier molecular flexibility index (Phi) is 0.943.